The Balaban J connectivity index is 0.992. The number of benzene rings is 14. The average molecular weight is 1200 g/mol. The first-order chi connectivity index (χ1) is 45.4. The molecule has 0 saturated carbocycles. The SMILES string of the molecule is CC(C)(C)c1cccc2c1oc1c(N(c3ccc(-c4ccccc4)cc3)c3cc4c(c5ccccc35)-c3c(cc(N(c5ccc(-c6ccccc6)cc5)c5cccc6c5oc5c(C(C)(C)C)cccc56)c5ccccc35)C4(c3ccccc3)c3ccccc3)cccc12. The Bertz CT molecular complexity index is 5210. The fourth-order valence-electron chi connectivity index (χ4n) is 15.3. The second-order valence-corrected chi connectivity index (χ2v) is 27.1. The van der Waals surface area contributed by atoms with E-state index in [1.54, 1.807) is 0 Å². The van der Waals surface area contributed by atoms with Gasteiger partial charge in [-0.3, -0.25) is 0 Å². The highest BCUT2D eigenvalue weighted by atomic mass is 16.3. The molecule has 93 heavy (non-hydrogen) atoms. The molecule has 0 atom stereocenters. The van der Waals surface area contributed by atoms with E-state index >= 15 is 0 Å². The van der Waals surface area contributed by atoms with E-state index < -0.39 is 5.41 Å². The van der Waals surface area contributed by atoms with E-state index in [-0.39, 0.29) is 10.8 Å². The molecule has 0 amide bonds. The lowest BCUT2D eigenvalue weighted by Crippen LogP contribution is -2.29. The summed E-state index contributed by atoms with van der Waals surface area (Å²) in [4.78, 5) is 4.96. The van der Waals surface area contributed by atoms with Gasteiger partial charge in [0.2, 0.25) is 0 Å². The first-order valence-corrected chi connectivity index (χ1v) is 32.5. The van der Waals surface area contributed by atoms with Crippen molar-refractivity contribution in [2.45, 2.75) is 57.8 Å². The minimum atomic E-state index is -0.879. The van der Waals surface area contributed by atoms with E-state index in [0.29, 0.717) is 0 Å². The molecule has 0 unspecified atom stereocenters. The molecule has 14 aromatic carbocycles. The third kappa shape index (κ3) is 8.80. The summed E-state index contributed by atoms with van der Waals surface area (Å²) < 4.78 is 14.8. The Morgan fingerprint density at radius 3 is 0.925 bits per heavy atom. The number of furan rings is 2. The van der Waals surface area contributed by atoms with Crippen LogP contribution in [0.25, 0.3) is 98.8 Å². The van der Waals surface area contributed by atoms with Crippen molar-refractivity contribution in [2.24, 2.45) is 0 Å². The molecule has 4 heteroatoms. The van der Waals surface area contributed by atoms with Crippen LogP contribution in [-0.2, 0) is 16.2 Å². The number of hydrogen-bond acceptors (Lipinski definition) is 4. The molecule has 2 heterocycles. The Hall–Kier alpha value is -11.2. The molecule has 16 aromatic rings. The van der Waals surface area contributed by atoms with Gasteiger partial charge in [0.25, 0.3) is 0 Å². The summed E-state index contributed by atoms with van der Waals surface area (Å²) in [5, 5.41) is 8.92. The van der Waals surface area contributed by atoms with E-state index in [2.05, 4.69) is 355 Å². The maximum absolute atomic E-state index is 7.39. The standard InChI is InChI=1S/C89H68N2O2/c1-87(2,3)73-43-23-39-69-71-41-25-45-77(85(71)92-83(69)73)90(63-51-47-59(48-52-63)57-27-11-7-12-28-57)79-55-75-81(67-37-21-19-35-65(67)79)82-68-38-22-20-36-66(68)80(56-76(82)89(75,61-31-15-9-16-32-61)62-33-17-10-18-34-62)91(64-53-49-60(50-54-64)58-29-13-8-14-30-58)78-46-26-42-72-70-40-24-44-74(88(4,5)6)84(70)93-86(72)78/h7-56H,1-6H3. The largest absolute Gasteiger partial charge is 0.454 e. The summed E-state index contributed by atoms with van der Waals surface area (Å²) >= 11 is 0. The van der Waals surface area contributed by atoms with E-state index in [4.69, 9.17) is 8.83 Å². The molecule has 0 N–H and O–H groups in total. The molecular formula is C89H68N2O2. The van der Waals surface area contributed by atoms with Crippen molar-refractivity contribution in [1.82, 2.24) is 0 Å². The average Bonchev–Trinajstić information content (AvgIpc) is 1.52. The summed E-state index contributed by atoms with van der Waals surface area (Å²) in [5.41, 5.74) is 22.5. The number of anilines is 6. The van der Waals surface area contributed by atoms with Crippen LogP contribution in [0.1, 0.15) is 74.9 Å². The quantitative estimate of drug-likeness (QED) is 0.137. The van der Waals surface area contributed by atoms with Gasteiger partial charge in [0.1, 0.15) is 11.2 Å². The highest BCUT2D eigenvalue weighted by Crippen LogP contribution is 2.63. The Kier molecular flexibility index (Phi) is 12.9. The van der Waals surface area contributed by atoms with Crippen LogP contribution in [-0.4, -0.2) is 0 Å². The second-order valence-electron chi connectivity index (χ2n) is 27.1. The number of fused-ring (bicyclic) bond motifs is 13. The number of hydrogen-bond donors (Lipinski definition) is 0. The van der Waals surface area contributed by atoms with Gasteiger partial charge in [-0.15, -0.1) is 0 Å². The van der Waals surface area contributed by atoms with Crippen LogP contribution in [0.15, 0.2) is 312 Å². The van der Waals surface area contributed by atoms with Gasteiger partial charge < -0.3 is 18.6 Å². The van der Waals surface area contributed by atoms with Gasteiger partial charge >= 0.3 is 0 Å². The molecule has 0 saturated heterocycles. The zero-order valence-electron chi connectivity index (χ0n) is 53.1. The fourth-order valence-corrected chi connectivity index (χ4v) is 15.3. The van der Waals surface area contributed by atoms with E-state index in [9.17, 15) is 0 Å². The van der Waals surface area contributed by atoms with Gasteiger partial charge in [-0.25, -0.2) is 0 Å². The Morgan fingerprint density at radius 2 is 0.559 bits per heavy atom. The maximum atomic E-state index is 7.39. The van der Waals surface area contributed by atoms with E-state index in [0.717, 1.165) is 111 Å². The number of para-hydroxylation sites is 4. The lowest BCUT2D eigenvalue weighted by molar-refractivity contribution is 0.572. The molecule has 0 aliphatic heterocycles. The highest BCUT2D eigenvalue weighted by Gasteiger charge is 2.49. The van der Waals surface area contributed by atoms with Crippen LogP contribution in [0.5, 0.6) is 0 Å². The molecular weight excluding hydrogens is 1130 g/mol. The van der Waals surface area contributed by atoms with Gasteiger partial charge in [-0.05, 0) is 126 Å². The predicted molar refractivity (Wildman–Crippen MR) is 391 cm³/mol. The molecule has 0 spiro atoms. The van der Waals surface area contributed by atoms with Crippen LogP contribution in [0.4, 0.5) is 34.1 Å². The third-order valence-corrected chi connectivity index (χ3v) is 19.6. The van der Waals surface area contributed by atoms with Crippen molar-refractivity contribution >= 4 is 99.5 Å². The van der Waals surface area contributed by atoms with Gasteiger partial charge in [0.05, 0.1) is 28.2 Å². The topological polar surface area (TPSA) is 32.8 Å². The normalized spacial score (nSPS) is 12.9. The van der Waals surface area contributed by atoms with Crippen LogP contribution in [0.2, 0.25) is 0 Å². The summed E-state index contributed by atoms with van der Waals surface area (Å²) in [7, 11) is 0. The van der Waals surface area contributed by atoms with Gasteiger partial charge in [0, 0.05) is 54.8 Å². The lowest BCUT2D eigenvalue weighted by atomic mass is 9.67. The predicted octanol–water partition coefficient (Wildman–Crippen LogP) is 25.0. The van der Waals surface area contributed by atoms with E-state index in [1.165, 1.54) is 55.6 Å². The number of nitrogens with zero attached hydrogens (tertiary/aromatic N) is 2. The monoisotopic (exact) mass is 1200 g/mol. The molecule has 17 rings (SSSR count). The van der Waals surface area contributed by atoms with E-state index in [1.807, 2.05) is 0 Å². The van der Waals surface area contributed by atoms with Crippen molar-refractivity contribution < 1.29 is 8.83 Å². The smallest absolute Gasteiger partial charge is 0.159 e. The third-order valence-electron chi connectivity index (χ3n) is 19.6. The molecule has 0 bridgehead atoms. The van der Waals surface area contributed by atoms with Crippen LogP contribution in [0, 0.1) is 0 Å². The van der Waals surface area contributed by atoms with Crippen LogP contribution >= 0.6 is 0 Å². The molecule has 1 aliphatic rings. The molecule has 0 radical (unpaired) electrons. The zero-order valence-corrected chi connectivity index (χ0v) is 53.1. The van der Waals surface area contributed by atoms with Gasteiger partial charge in [-0.1, -0.05) is 296 Å². The molecule has 446 valence electrons. The molecule has 4 nitrogen and oxygen atoms in total. The minimum absolute atomic E-state index is 0.158. The minimum Gasteiger partial charge on any atom is -0.454 e. The van der Waals surface area contributed by atoms with Gasteiger partial charge in [0.15, 0.2) is 11.2 Å². The molecule has 0 fully saturated rings. The van der Waals surface area contributed by atoms with Crippen molar-refractivity contribution in [3.63, 3.8) is 0 Å². The summed E-state index contributed by atoms with van der Waals surface area (Å²) in [6.45, 7) is 13.6. The second kappa shape index (κ2) is 21.5. The van der Waals surface area contributed by atoms with Gasteiger partial charge in [-0.2, -0.15) is 0 Å². The summed E-state index contributed by atoms with van der Waals surface area (Å²) in [6, 6.07) is 112. The van der Waals surface area contributed by atoms with Crippen molar-refractivity contribution in [1.29, 1.82) is 0 Å². The zero-order chi connectivity index (χ0) is 62.7. The molecule has 2 aromatic heterocycles. The fraction of sp³-hybridized carbons (Fsp3) is 0.101. The van der Waals surface area contributed by atoms with Crippen molar-refractivity contribution in [3.8, 4) is 33.4 Å². The summed E-state index contributed by atoms with van der Waals surface area (Å²) in [5.74, 6) is 0. The van der Waals surface area contributed by atoms with Crippen molar-refractivity contribution in [2.75, 3.05) is 9.80 Å². The first-order valence-electron chi connectivity index (χ1n) is 32.5. The molecule has 1 aliphatic carbocycles. The van der Waals surface area contributed by atoms with Crippen LogP contribution < -0.4 is 9.80 Å². The lowest BCUT2D eigenvalue weighted by Gasteiger charge is -2.36. The number of rotatable bonds is 10. The first kappa shape index (κ1) is 55.8. The highest BCUT2D eigenvalue weighted by molar-refractivity contribution is 6.21. The Labute approximate surface area is 542 Å². The van der Waals surface area contributed by atoms with Crippen LogP contribution in [0.3, 0.4) is 0 Å². The Morgan fingerprint density at radius 1 is 0.258 bits per heavy atom. The maximum Gasteiger partial charge on any atom is 0.159 e. The van der Waals surface area contributed by atoms with Crippen molar-refractivity contribution in [3.05, 3.63) is 337 Å². The summed E-state index contributed by atoms with van der Waals surface area (Å²) in [6.07, 6.45) is 0.